The molecule has 70 valence electrons. The largest absolute Gasteiger partial charge is 0.348 e. The molecule has 0 saturated carbocycles. The van der Waals surface area contributed by atoms with Gasteiger partial charge in [-0.2, -0.15) is 0 Å². The predicted molar refractivity (Wildman–Crippen MR) is 53.7 cm³/mol. The van der Waals surface area contributed by atoms with Crippen molar-refractivity contribution in [3.63, 3.8) is 0 Å². The first-order chi connectivity index (χ1) is 6.18. The van der Waals surface area contributed by atoms with Gasteiger partial charge in [0.2, 0.25) is 0 Å². The molecule has 2 rings (SSSR count). The fourth-order valence-electron chi connectivity index (χ4n) is 1.35. The molecule has 1 aliphatic rings. The number of ketones is 1. The standard InChI is InChI=1S/C9H12N2OS/c1-6-8(7(2)12)13-9(10-6)11-4-3-5-11/h3-5H2,1-2H3. The van der Waals surface area contributed by atoms with Gasteiger partial charge in [0.1, 0.15) is 0 Å². The molecular weight excluding hydrogens is 184 g/mol. The van der Waals surface area contributed by atoms with Crippen LogP contribution in [-0.2, 0) is 0 Å². The third-order valence-electron chi connectivity index (χ3n) is 2.23. The van der Waals surface area contributed by atoms with E-state index in [0.29, 0.717) is 0 Å². The van der Waals surface area contributed by atoms with E-state index >= 15 is 0 Å². The molecule has 1 aromatic heterocycles. The summed E-state index contributed by atoms with van der Waals surface area (Å²) in [4.78, 5) is 18.6. The van der Waals surface area contributed by atoms with Crippen molar-refractivity contribution < 1.29 is 4.79 Å². The molecule has 0 aromatic carbocycles. The van der Waals surface area contributed by atoms with Gasteiger partial charge in [0.05, 0.1) is 10.6 Å². The molecule has 0 N–H and O–H groups in total. The zero-order valence-electron chi connectivity index (χ0n) is 7.83. The summed E-state index contributed by atoms with van der Waals surface area (Å²) in [5, 5.41) is 1.01. The van der Waals surface area contributed by atoms with Crippen LogP contribution >= 0.6 is 11.3 Å². The van der Waals surface area contributed by atoms with Crippen molar-refractivity contribution in [2.45, 2.75) is 20.3 Å². The van der Waals surface area contributed by atoms with Crippen molar-refractivity contribution >= 4 is 22.3 Å². The molecular formula is C9H12N2OS. The Hall–Kier alpha value is -0.900. The average molecular weight is 196 g/mol. The number of hydrogen-bond donors (Lipinski definition) is 0. The molecule has 0 unspecified atom stereocenters. The molecule has 0 radical (unpaired) electrons. The van der Waals surface area contributed by atoms with E-state index in [1.54, 1.807) is 6.92 Å². The maximum Gasteiger partial charge on any atom is 0.186 e. The lowest BCUT2D eigenvalue weighted by Gasteiger charge is -2.30. The molecule has 0 amide bonds. The molecule has 0 atom stereocenters. The fourth-order valence-corrected chi connectivity index (χ4v) is 2.37. The molecule has 0 bridgehead atoms. The topological polar surface area (TPSA) is 33.2 Å². The number of thiazole rings is 1. The first-order valence-corrected chi connectivity index (χ1v) is 5.23. The lowest BCUT2D eigenvalue weighted by atomic mass is 10.2. The number of hydrogen-bond acceptors (Lipinski definition) is 4. The first-order valence-electron chi connectivity index (χ1n) is 4.42. The van der Waals surface area contributed by atoms with E-state index in [1.165, 1.54) is 17.8 Å². The molecule has 4 heteroatoms. The molecule has 1 aromatic rings. The molecule has 3 nitrogen and oxygen atoms in total. The molecule has 2 heterocycles. The highest BCUT2D eigenvalue weighted by Crippen LogP contribution is 2.29. The summed E-state index contributed by atoms with van der Waals surface area (Å²) in [5.41, 5.74) is 0.874. The van der Waals surface area contributed by atoms with Crippen LogP contribution in [0.2, 0.25) is 0 Å². The minimum absolute atomic E-state index is 0.127. The second kappa shape index (κ2) is 3.10. The van der Waals surface area contributed by atoms with Crippen molar-refractivity contribution in [3.05, 3.63) is 10.6 Å². The molecule has 1 fully saturated rings. The minimum atomic E-state index is 0.127. The van der Waals surface area contributed by atoms with Crippen molar-refractivity contribution in [2.75, 3.05) is 18.0 Å². The Balaban J connectivity index is 2.28. The number of anilines is 1. The number of carbonyl (C=O) groups excluding carboxylic acids is 1. The third kappa shape index (κ3) is 1.46. The number of nitrogens with zero attached hydrogens (tertiary/aromatic N) is 2. The van der Waals surface area contributed by atoms with E-state index in [4.69, 9.17) is 0 Å². The smallest absolute Gasteiger partial charge is 0.186 e. The van der Waals surface area contributed by atoms with Gasteiger partial charge >= 0.3 is 0 Å². The molecule has 1 saturated heterocycles. The van der Waals surface area contributed by atoms with Gasteiger partial charge in [-0.1, -0.05) is 11.3 Å². The van der Waals surface area contributed by atoms with Gasteiger partial charge < -0.3 is 4.90 Å². The Morgan fingerprint density at radius 2 is 2.23 bits per heavy atom. The Morgan fingerprint density at radius 1 is 1.54 bits per heavy atom. The Kier molecular flexibility index (Phi) is 2.07. The fraction of sp³-hybridized carbons (Fsp3) is 0.556. The molecule has 1 aliphatic heterocycles. The van der Waals surface area contributed by atoms with Gasteiger partial charge in [-0.15, -0.1) is 0 Å². The monoisotopic (exact) mass is 196 g/mol. The van der Waals surface area contributed by atoms with Gasteiger partial charge in [0.15, 0.2) is 10.9 Å². The highest BCUT2D eigenvalue weighted by Gasteiger charge is 2.20. The normalized spacial score (nSPS) is 15.7. The van der Waals surface area contributed by atoms with Crippen molar-refractivity contribution in [1.29, 1.82) is 0 Å². The summed E-state index contributed by atoms with van der Waals surface area (Å²) in [7, 11) is 0. The van der Waals surface area contributed by atoms with E-state index in [1.807, 2.05) is 6.92 Å². The zero-order valence-corrected chi connectivity index (χ0v) is 8.65. The van der Waals surface area contributed by atoms with Crippen LogP contribution in [0.5, 0.6) is 0 Å². The number of Topliss-reactive ketones (excluding diaryl/α,β-unsaturated/α-hetero) is 1. The van der Waals surface area contributed by atoms with Crippen LogP contribution in [0.1, 0.15) is 28.7 Å². The lowest BCUT2D eigenvalue weighted by molar-refractivity contribution is 0.102. The summed E-state index contributed by atoms with van der Waals surface area (Å²) in [6, 6.07) is 0. The van der Waals surface area contributed by atoms with E-state index in [2.05, 4.69) is 9.88 Å². The van der Waals surface area contributed by atoms with E-state index in [-0.39, 0.29) is 5.78 Å². The zero-order chi connectivity index (χ0) is 9.42. The predicted octanol–water partition coefficient (Wildman–Crippen LogP) is 1.86. The van der Waals surface area contributed by atoms with Crippen molar-refractivity contribution in [2.24, 2.45) is 0 Å². The van der Waals surface area contributed by atoms with E-state index < -0.39 is 0 Å². The van der Waals surface area contributed by atoms with E-state index in [9.17, 15) is 4.79 Å². The Labute approximate surface area is 81.4 Å². The highest BCUT2D eigenvalue weighted by molar-refractivity contribution is 7.17. The SMILES string of the molecule is CC(=O)c1sc(N2CCC2)nc1C. The number of rotatable bonds is 2. The van der Waals surface area contributed by atoms with Gasteiger partial charge in [-0.25, -0.2) is 4.98 Å². The van der Waals surface area contributed by atoms with Crippen LogP contribution in [0.4, 0.5) is 5.13 Å². The van der Waals surface area contributed by atoms with E-state index in [0.717, 1.165) is 28.8 Å². The maximum absolute atomic E-state index is 11.2. The maximum atomic E-state index is 11.2. The first kappa shape index (κ1) is 8.69. The second-order valence-corrected chi connectivity index (χ2v) is 4.29. The van der Waals surface area contributed by atoms with Crippen LogP contribution in [0.25, 0.3) is 0 Å². The Morgan fingerprint density at radius 3 is 2.62 bits per heavy atom. The van der Waals surface area contributed by atoms with Gasteiger partial charge in [-0.05, 0) is 13.3 Å². The number of carbonyl (C=O) groups is 1. The van der Waals surface area contributed by atoms with Crippen LogP contribution < -0.4 is 4.90 Å². The molecule has 0 spiro atoms. The van der Waals surface area contributed by atoms with Crippen molar-refractivity contribution in [1.82, 2.24) is 4.98 Å². The summed E-state index contributed by atoms with van der Waals surface area (Å²) in [6.45, 7) is 5.67. The highest BCUT2D eigenvalue weighted by atomic mass is 32.1. The second-order valence-electron chi connectivity index (χ2n) is 3.31. The van der Waals surface area contributed by atoms with Crippen LogP contribution in [0.3, 0.4) is 0 Å². The Bertz CT molecular complexity index is 341. The van der Waals surface area contributed by atoms with Crippen LogP contribution in [0, 0.1) is 6.92 Å². The summed E-state index contributed by atoms with van der Waals surface area (Å²) >= 11 is 1.52. The molecule has 0 aliphatic carbocycles. The van der Waals surface area contributed by atoms with Crippen LogP contribution in [0.15, 0.2) is 0 Å². The van der Waals surface area contributed by atoms with Crippen LogP contribution in [-0.4, -0.2) is 23.9 Å². The molecule has 13 heavy (non-hydrogen) atoms. The average Bonchev–Trinajstić information content (AvgIpc) is 2.27. The number of aryl methyl sites for hydroxylation is 1. The van der Waals surface area contributed by atoms with Gasteiger partial charge in [0.25, 0.3) is 0 Å². The third-order valence-corrected chi connectivity index (χ3v) is 3.55. The summed E-state index contributed by atoms with van der Waals surface area (Å²) in [5.74, 6) is 0.127. The van der Waals surface area contributed by atoms with Gasteiger partial charge in [-0.3, -0.25) is 4.79 Å². The van der Waals surface area contributed by atoms with Gasteiger partial charge in [0, 0.05) is 20.0 Å². The minimum Gasteiger partial charge on any atom is -0.348 e. The lowest BCUT2D eigenvalue weighted by Crippen LogP contribution is -2.36. The summed E-state index contributed by atoms with van der Waals surface area (Å²) < 4.78 is 0. The quantitative estimate of drug-likeness (QED) is 0.677. The number of aromatic nitrogens is 1. The summed E-state index contributed by atoms with van der Waals surface area (Å²) in [6.07, 6.45) is 1.24. The van der Waals surface area contributed by atoms with Crippen molar-refractivity contribution in [3.8, 4) is 0 Å².